The Bertz CT molecular complexity index is 1080. The molecule has 6 nitrogen and oxygen atoms in total. The van der Waals surface area contributed by atoms with Crippen LogP contribution in [0.25, 0.3) is 10.9 Å². The molecule has 3 aromatic rings. The largest absolute Gasteiger partial charge is 0.486 e. The van der Waals surface area contributed by atoms with Crippen LogP contribution in [-0.2, 0) is 6.42 Å². The summed E-state index contributed by atoms with van der Waals surface area (Å²) in [6, 6.07) is 14.4. The van der Waals surface area contributed by atoms with Crippen molar-refractivity contribution in [1.29, 1.82) is 0 Å². The first kappa shape index (κ1) is 21.2. The lowest BCUT2D eigenvalue weighted by Crippen LogP contribution is -2.47. The smallest absolute Gasteiger partial charge is 0.161 e. The van der Waals surface area contributed by atoms with E-state index in [0.717, 1.165) is 61.7 Å². The van der Waals surface area contributed by atoms with Crippen molar-refractivity contribution in [3.63, 3.8) is 0 Å². The maximum absolute atomic E-state index is 10.8. The molecule has 2 aromatic carbocycles. The third kappa shape index (κ3) is 4.72. The van der Waals surface area contributed by atoms with Gasteiger partial charge in [-0.2, -0.15) is 0 Å². The number of β-amino-alcohol motifs (C(OH)–C–C–N with tert-alkyl or cyclic N) is 1. The van der Waals surface area contributed by atoms with Gasteiger partial charge in [0, 0.05) is 50.9 Å². The summed E-state index contributed by atoms with van der Waals surface area (Å²) in [5, 5.41) is 12.0. The van der Waals surface area contributed by atoms with Crippen LogP contribution in [0.1, 0.15) is 22.8 Å². The fourth-order valence-electron chi connectivity index (χ4n) is 4.62. The average molecular weight is 434 g/mol. The number of ether oxygens (including phenoxy) is 2. The van der Waals surface area contributed by atoms with Crippen LogP contribution in [0.15, 0.2) is 48.7 Å². The second-order valence-electron chi connectivity index (χ2n) is 8.81. The molecule has 1 atom stereocenters. The topological polar surface area (TPSA) is 58.1 Å². The van der Waals surface area contributed by atoms with Crippen molar-refractivity contribution < 1.29 is 14.6 Å². The number of aliphatic hydroxyl groups is 1. The molecule has 1 N–H and O–H groups in total. The molecule has 1 saturated heterocycles. The monoisotopic (exact) mass is 433 g/mol. The van der Waals surface area contributed by atoms with Gasteiger partial charge in [-0.15, -0.1) is 0 Å². The molecule has 32 heavy (non-hydrogen) atoms. The number of aromatic nitrogens is 1. The van der Waals surface area contributed by atoms with Crippen LogP contribution in [0.3, 0.4) is 0 Å². The van der Waals surface area contributed by atoms with E-state index in [0.29, 0.717) is 19.8 Å². The Hall–Kier alpha value is -2.67. The van der Waals surface area contributed by atoms with Crippen molar-refractivity contribution in [2.24, 2.45) is 0 Å². The van der Waals surface area contributed by atoms with E-state index in [1.165, 1.54) is 16.5 Å². The van der Waals surface area contributed by atoms with Crippen molar-refractivity contribution >= 4 is 10.9 Å². The van der Waals surface area contributed by atoms with Crippen LogP contribution in [0.5, 0.6) is 11.5 Å². The predicted octanol–water partition coefficient (Wildman–Crippen LogP) is 3.21. The summed E-state index contributed by atoms with van der Waals surface area (Å²) in [6.45, 7) is 8.91. The van der Waals surface area contributed by atoms with Crippen LogP contribution in [0, 0.1) is 6.92 Å². The Morgan fingerprint density at radius 1 is 0.969 bits per heavy atom. The number of rotatable bonds is 6. The van der Waals surface area contributed by atoms with Crippen LogP contribution < -0.4 is 9.47 Å². The van der Waals surface area contributed by atoms with E-state index in [9.17, 15) is 5.11 Å². The summed E-state index contributed by atoms with van der Waals surface area (Å²) in [4.78, 5) is 9.44. The Kier molecular flexibility index (Phi) is 6.26. The van der Waals surface area contributed by atoms with Crippen molar-refractivity contribution in [3.05, 3.63) is 65.4 Å². The van der Waals surface area contributed by atoms with E-state index >= 15 is 0 Å². The van der Waals surface area contributed by atoms with E-state index in [2.05, 4.69) is 46.0 Å². The van der Waals surface area contributed by atoms with Gasteiger partial charge in [-0.3, -0.25) is 9.88 Å². The minimum atomic E-state index is -0.524. The van der Waals surface area contributed by atoms with Gasteiger partial charge in [0.15, 0.2) is 11.5 Å². The lowest BCUT2D eigenvalue weighted by atomic mass is 10.0. The highest BCUT2D eigenvalue weighted by atomic mass is 16.6. The van der Waals surface area contributed by atoms with Gasteiger partial charge < -0.3 is 19.5 Å². The third-order valence-electron chi connectivity index (χ3n) is 6.50. The van der Waals surface area contributed by atoms with E-state index in [4.69, 9.17) is 9.47 Å². The molecule has 5 rings (SSSR count). The molecule has 2 aliphatic rings. The second-order valence-corrected chi connectivity index (χ2v) is 8.81. The summed E-state index contributed by atoms with van der Waals surface area (Å²) in [5.41, 5.74) is 4.54. The molecule has 3 heterocycles. The van der Waals surface area contributed by atoms with Gasteiger partial charge in [-0.1, -0.05) is 18.2 Å². The molecule has 0 bridgehead atoms. The van der Waals surface area contributed by atoms with E-state index in [1.54, 1.807) is 0 Å². The minimum absolute atomic E-state index is 0.524. The van der Waals surface area contributed by atoms with Crippen LogP contribution in [0.2, 0.25) is 0 Å². The fourth-order valence-corrected chi connectivity index (χ4v) is 4.62. The molecule has 6 heteroatoms. The van der Waals surface area contributed by atoms with Gasteiger partial charge in [0.2, 0.25) is 0 Å². The maximum Gasteiger partial charge on any atom is 0.161 e. The molecule has 0 aliphatic carbocycles. The second kappa shape index (κ2) is 9.45. The first-order valence-electron chi connectivity index (χ1n) is 11.5. The standard InChI is InChI=1S/C26H31N3O3/c1-19-15-22-20(3-2-4-23(22)27-17-19)7-8-28-9-11-29(12-10-28)18-24(30)21-5-6-25-26(16-21)32-14-13-31-25/h2-6,15-17,24,30H,7-14,18H2,1H3. The van der Waals surface area contributed by atoms with Gasteiger partial charge in [0.1, 0.15) is 13.2 Å². The summed E-state index contributed by atoms with van der Waals surface area (Å²) in [7, 11) is 0. The van der Waals surface area contributed by atoms with Crippen molar-refractivity contribution in [1.82, 2.24) is 14.8 Å². The van der Waals surface area contributed by atoms with E-state index in [-0.39, 0.29) is 0 Å². The van der Waals surface area contributed by atoms with Crippen molar-refractivity contribution in [3.8, 4) is 11.5 Å². The molecule has 168 valence electrons. The Morgan fingerprint density at radius 2 is 1.75 bits per heavy atom. The number of piperazine rings is 1. The predicted molar refractivity (Wildman–Crippen MR) is 125 cm³/mol. The number of nitrogens with zero attached hydrogens (tertiary/aromatic N) is 3. The highest BCUT2D eigenvalue weighted by Gasteiger charge is 2.21. The quantitative estimate of drug-likeness (QED) is 0.644. The fraction of sp³-hybridized carbons (Fsp3) is 0.423. The highest BCUT2D eigenvalue weighted by molar-refractivity contribution is 5.82. The molecular weight excluding hydrogens is 402 g/mol. The normalized spacial score (nSPS) is 18.1. The summed E-state index contributed by atoms with van der Waals surface area (Å²) in [5.74, 6) is 1.49. The molecule has 0 radical (unpaired) electrons. The molecule has 0 spiro atoms. The zero-order valence-electron chi connectivity index (χ0n) is 18.7. The molecular formula is C26H31N3O3. The first-order chi connectivity index (χ1) is 15.7. The molecule has 1 fully saturated rings. The SMILES string of the molecule is Cc1cnc2cccc(CCN3CCN(CC(O)c4ccc5c(c4)OCCO5)CC3)c2c1. The number of fused-ring (bicyclic) bond motifs is 2. The van der Waals surface area contributed by atoms with Gasteiger partial charge in [-0.05, 0) is 54.3 Å². The van der Waals surface area contributed by atoms with E-state index in [1.807, 2.05) is 24.4 Å². The Labute approximate surface area is 189 Å². The van der Waals surface area contributed by atoms with Crippen molar-refractivity contribution in [2.45, 2.75) is 19.4 Å². The average Bonchev–Trinajstić information content (AvgIpc) is 2.83. The number of hydrogen-bond donors (Lipinski definition) is 1. The van der Waals surface area contributed by atoms with Gasteiger partial charge in [0.05, 0.1) is 11.6 Å². The van der Waals surface area contributed by atoms with Crippen molar-refractivity contribution in [2.75, 3.05) is 52.5 Å². The molecule has 2 aliphatic heterocycles. The number of hydrogen-bond acceptors (Lipinski definition) is 6. The molecule has 1 aromatic heterocycles. The molecule has 0 amide bonds. The number of aryl methyl sites for hydroxylation is 1. The van der Waals surface area contributed by atoms with Gasteiger partial charge in [-0.25, -0.2) is 0 Å². The molecule has 0 saturated carbocycles. The highest BCUT2D eigenvalue weighted by Crippen LogP contribution is 2.33. The summed E-state index contributed by atoms with van der Waals surface area (Å²) < 4.78 is 11.2. The van der Waals surface area contributed by atoms with Crippen LogP contribution in [-0.4, -0.2) is 72.4 Å². The zero-order chi connectivity index (χ0) is 21.9. The molecule has 1 unspecified atom stereocenters. The number of aliphatic hydroxyl groups excluding tert-OH is 1. The summed E-state index contributed by atoms with van der Waals surface area (Å²) >= 11 is 0. The van der Waals surface area contributed by atoms with Gasteiger partial charge >= 0.3 is 0 Å². The van der Waals surface area contributed by atoms with E-state index < -0.39 is 6.10 Å². The number of benzene rings is 2. The maximum atomic E-state index is 10.8. The summed E-state index contributed by atoms with van der Waals surface area (Å²) in [6.07, 6.45) is 2.44. The lowest BCUT2D eigenvalue weighted by Gasteiger charge is -2.35. The minimum Gasteiger partial charge on any atom is -0.486 e. The van der Waals surface area contributed by atoms with Crippen LogP contribution in [0.4, 0.5) is 0 Å². The van der Waals surface area contributed by atoms with Gasteiger partial charge in [0.25, 0.3) is 0 Å². The third-order valence-corrected chi connectivity index (χ3v) is 6.50. The Balaban J connectivity index is 1.13. The number of pyridine rings is 1. The zero-order valence-corrected chi connectivity index (χ0v) is 18.7. The van der Waals surface area contributed by atoms with Crippen LogP contribution >= 0.6 is 0 Å². The lowest BCUT2D eigenvalue weighted by molar-refractivity contribution is 0.0726. The Morgan fingerprint density at radius 3 is 2.59 bits per heavy atom. The first-order valence-corrected chi connectivity index (χ1v) is 11.5.